The Kier molecular flexibility index (Phi) is 6.40. The third-order valence-corrected chi connectivity index (χ3v) is 4.43. The molecule has 0 bridgehead atoms. The summed E-state index contributed by atoms with van der Waals surface area (Å²) < 4.78 is 0. The van der Waals surface area contributed by atoms with Crippen molar-refractivity contribution in [3.05, 3.63) is 0 Å². The molecule has 0 aromatic heterocycles. The van der Waals surface area contributed by atoms with Crippen LogP contribution in [-0.4, -0.2) is 17.3 Å². The van der Waals surface area contributed by atoms with E-state index in [1.807, 2.05) is 6.92 Å². The fraction of sp³-hybridized carbons (Fsp3) is 0.923. The molecule has 0 saturated heterocycles. The van der Waals surface area contributed by atoms with Crippen LogP contribution in [0.5, 0.6) is 0 Å². The summed E-state index contributed by atoms with van der Waals surface area (Å²) in [6, 6.07) is 0. The van der Waals surface area contributed by atoms with Crippen molar-refractivity contribution < 1.29 is 4.79 Å². The van der Waals surface area contributed by atoms with E-state index in [0.29, 0.717) is 10.7 Å². The van der Waals surface area contributed by atoms with Crippen molar-refractivity contribution in [1.82, 2.24) is 5.32 Å². The molecule has 1 atom stereocenters. The molecule has 1 unspecified atom stereocenters. The van der Waals surface area contributed by atoms with Gasteiger partial charge in [-0.25, -0.2) is 0 Å². The molecule has 2 nitrogen and oxygen atoms in total. The van der Waals surface area contributed by atoms with Gasteiger partial charge in [0.1, 0.15) is 0 Å². The average Bonchev–Trinajstić information content (AvgIpc) is 2.28. The summed E-state index contributed by atoms with van der Waals surface area (Å²) >= 11 is 3.65. The lowest BCUT2D eigenvalue weighted by atomic mass is 9.89. The number of hydrogen-bond acceptors (Lipinski definition) is 1. The van der Waals surface area contributed by atoms with Crippen molar-refractivity contribution in [2.75, 3.05) is 6.54 Å². The van der Waals surface area contributed by atoms with E-state index in [-0.39, 0.29) is 11.8 Å². The molecule has 0 aromatic rings. The normalized spacial score (nSPS) is 27.4. The van der Waals surface area contributed by atoms with Gasteiger partial charge in [-0.2, -0.15) is 0 Å². The van der Waals surface area contributed by atoms with Crippen LogP contribution >= 0.6 is 15.9 Å². The Morgan fingerprint density at radius 1 is 1.38 bits per heavy atom. The molecule has 0 radical (unpaired) electrons. The number of hydrogen-bond donors (Lipinski definition) is 1. The van der Waals surface area contributed by atoms with Crippen LogP contribution in [0.3, 0.4) is 0 Å². The fourth-order valence-electron chi connectivity index (χ4n) is 2.31. The van der Waals surface area contributed by atoms with E-state index in [1.165, 1.54) is 25.7 Å². The minimum Gasteiger partial charge on any atom is -0.356 e. The number of halogens is 1. The molecular weight excluding hydrogens is 266 g/mol. The zero-order valence-electron chi connectivity index (χ0n) is 10.5. The van der Waals surface area contributed by atoms with Crippen LogP contribution < -0.4 is 5.32 Å². The zero-order chi connectivity index (χ0) is 12.0. The Bertz CT molecular complexity index is 212. The third kappa shape index (κ3) is 4.86. The standard InChI is InChI=1S/C13H24BrNO/c1-3-4-10(2)13(16)15-9-11-5-7-12(14)8-6-11/h10-12H,3-9H2,1-2H3,(H,15,16). The molecule has 1 aliphatic rings. The van der Waals surface area contributed by atoms with Gasteiger partial charge in [-0.1, -0.05) is 36.2 Å². The van der Waals surface area contributed by atoms with Crippen molar-refractivity contribution in [3.8, 4) is 0 Å². The second-order valence-electron chi connectivity index (χ2n) is 5.05. The van der Waals surface area contributed by atoms with Crippen LogP contribution in [0.2, 0.25) is 0 Å². The largest absolute Gasteiger partial charge is 0.356 e. The molecule has 1 saturated carbocycles. The first-order valence-corrected chi connectivity index (χ1v) is 7.46. The average molecular weight is 290 g/mol. The summed E-state index contributed by atoms with van der Waals surface area (Å²) in [5.41, 5.74) is 0. The maximum absolute atomic E-state index is 11.7. The van der Waals surface area contributed by atoms with Crippen LogP contribution in [0.1, 0.15) is 52.4 Å². The minimum atomic E-state index is 0.178. The predicted molar refractivity (Wildman–Crippen MR) is 71.8 cm³/mol. The maximum Gasteiger partial charge on any atom is 0.222 e. The SMILES string of the molecule is CCCC(C)C(=O)NCC1CCC(Br)CC1. The molecule has 3 heteroatoms. The lowest BCUT2D eigenvalue weighted by molar-refractivity contribution is -0.124. The molecule has 94 valence electrons. The number of rotatable bonds is 5. The second-order valence-corrected chi connectivity index (χ2v) is 6.35. The van der Waals surface area contributed by atoms with Crippen LogP contribution in [0, 0.1) is 11.8 Å². The Morgan fingerprint density at radius 3 is 2.56 bits per heavy atom. The Labute approximate surface area is 108 Å². The van der Waals surface area contributed by atoms with Gasteiger partial charge in [-0.05, 0) is 38.0 Å². The lowest BCUT2D eigenvalue weighted by Gasteiger charge is -2.25. The topological polar surface area (TPSA) is 29.1 Å². The van der Waals surface area contributed by atoms with Crippen LogP contribution in [0.25, 0.3) is 0 Å². The van der Waals surface area contributed by atoms with Crippen molar-refractivity contribution >= 4 is 21.8 Å². The first-order valence-electron chi connectivity index (χ1n) is 6.55. The van der Waals surface area contributed by atoms with Crippen molar-refractivity contribution in [2.24, 2.45) is 11.8 Å². The van der Waals surface area contributed by atoms with E-state index >= 15 is 0 Å². The van der Waals surface area contributed by atoms with Crippen molar-refractivity contribution in [3.63, 3.8) is 0 Å². The molecule has 1 rings (SSSR count). The number of carbonyl (C=O) groups excluding carboxylic acids is 1. The highest BCUT2D eigenvalue weighted by Gasteiger charge is 2.20. The Balaban J connectivity index is 2.16. The number of carbonyl (C=O) groups is 1. The molecule has 0 aromatic carbocycles. The highest BCUT2D eigenvalue weighted by molar-refractivity contribution is 9.09. The van der Waals surface area contributed by atoms with E-state index in [4.69, 9.17) is 0 Å². The van der Waals surface area contributed by atoms with E-state index < -0.39 is 0 Å². The Morgan fingerprint density at radius 2 is 2.00 bits per heavy atom. The van der Waals surface area contributed by atoms with E-state index in [0.717, 1.165) is 19.4 Å². The zero-order valence-corrected chi connectivity index (χ0v) is 12.1. The van der Waals surface area contributed by atoms with Gasteiger partial charge in [-0.3, -0.25) is 4.79 Å². The van der Waals surface area contributed by atoms with Gasteiger partial charge in [0, 0.05) is 17.3 Å². The number of amides is 1. The van der Waals surface area contributed by atoms with Crippen LogP contribution in [0.15, 0.2) is 0 Å². The monoisotopic (exact) mass is 289 g/mol. The van der Waals surface area contributed by atoms with Gasteiger partial charge >= 0.3 is 0 Å². The fourth-order valence-corrected chi connectivity index (χ4v) is 2.84. The highest BCUT2D eigenvalue weighted by Crippen LogP contribution is 2.28. The van der Waals surface area contributed by atoms with Gasteiger partial charge in [0.2, 0.25) is 5.91 Å². The molecule has 0 heterocycles. The molecule has 16 heavy (non-hydrogen) atoms. The van der Waals surface area contributed by atoms with Gasteiger partial charge in [0.15, 0.2) is 0 Å². The van der Waals surface area contributed by atoms with Crippen molar-refractivity contribution in [1.29, 1.82) is 0 Å². The molecule has 1 fully saturated rings. The maximum atomic E-state index is 11.7. The second kappa shape index (κ2) is 7.31. The summed E-state index contributed by atoms with van der Waals surface area (Å²) in [6.07, 6.45) is 7.09. The van der Waals surface area contributed by atoms with Gasteiger partial charge in [0.25, 0.3) is 0 Å². The lowest BCUT2D eigenvalue weighted by Crippen LogP contribution is -2.34. The molecule has 1 aliphatic carbocycles. The summed E-state index contributed by atoms with van der Waals surface area (Å²) in [4.78, 5) is 12.4. The van der Waals surface area contributed by atoms with E-state index in [1.54, 1.807) is 0 Å². The van der Waals surface area contributed by atoms with Crippen LogP contribution in [-0.2, 0) is 4.79 Å². The molecule has 0 spiro atoms. The first-order chi connectivity index (χ1) is 7.63. The molecule has 1 amide bonds. The van der Waals surface area contributed by atoms with E-state index in [9.17, 15) is 4.79 Å². The van der Waals surface area contributed by atoms with Gasteiger partial charge in [0.05, 0.1) is 0 Å². The summed E-state index contributed by atoms with van der Waals surface area (Å²) in [7, 11) is 0. The third-order valence-electron chi connectivity index (χ3n) is 3.51. The quantitative estimate of drug-likeness (QED) is 0.772. The summed E-state index contributed by atoms with van der Waals surface area (Å²) in [5.74, 6) is 1.12. The predicted octanol–water partition coefficient (Wildman–Crippen LogP) is 3.49. The summed E-state index contributed by atoms with van der Waals surface area (Å²) in [5, 5.41) is 3.10. The van der Waals surface area contributed by atoms with Crippen LogP contribution in [0.4, 0.5) is 0 Å². The number of alkyl halides is 1. The van der Waals surface area contributed by atoms with Gasteiger partial charge in [-0.15, -0.1) is 0 Å². The number of nitrogens with one attached hydrogen (secondary N) is 1. The minimum absolute atomic E-state index is 0.178. The smallest absolute Gasteiger partial charge is 0.222 e. The van der Waals surface area contributed by atoms with Crippen molar-refractivity contribution in [2.45, 2.75) is 57.2 Å². The summed E-state index contributed by atoms with van der Waals surface area (Å²) in [6.45, 7) is 5.03. The molecule has 1 N–H and O–H groups in total. The molecular formula is C13H24BrNO. The highest BCUT2D eigenvalue weighted by atomic mass is 79.9. The first kappa shape index (κ1) is 14.0. The molecule has 0 aliphatic heterocycles. The van der Waals surface area contributed by atoms with E-state index in [2.05, 4.69) is 28.2 Å². The van der Waals surface area contributed by atoms with Gasteiger partial charge < -0.3 is 5.32 Å². The Hall–Kier alpha value is -0.0500.